The van der Waals surface area contributed by atoms with Gasteiger partial charge in [0.05, 0.1) is 0 Å². The number of benzene rings is 2. The molecule has 0 radical (unpaired) electrons. The van der Waals surface area contributed by atoms with Crippen LogP contribution in [-0.2, 0) is 6.42 Å². The van der Waals surface area contributed by atoms with Crippen LogP contribution < -0.4 is 9.47 Å². The van der Waals surface area contributed by atoms with E-state index in [0.29, 0.717) is 0 Å². The van der Waals surface area contributed by atoms with E-state index in [1.807, 2.05) is 11.8 Å². The number of nitrogens with zero attached hydrogens (tertiary/aromatic N) is 2. The van der Waals surface area contributed by atoms with E-state index in [1.165, 1.54) is 49.2 Å². The molecule has 0 N–H and O–H groups in total. The number of aryl methyl sites for hydroxylation is 1. The van der Waals surface area contributed by atoms with Gasteiger partial charge in [0, 0.05) is 49.7 Å². The molecule has 6 rings (SSSR count). The third kappa shape index (κ3) is 4.80. The van der Waals surface area contributed by atoms with Crippen molar-refractivity contribution in [3.05, 3.63) is 54.1 Å². The highest BCUT2D eigenvalue weighted by atomic mass is 32.2. The van der Waals surface area contributed by atoms with E-state index in [9.17, 15) is 0 Å². The van der Waals surface area contributed by atoms with Crippen molar-refractivity contribution in [2.75, 3.05) is 46.0 Å². The second-order valence-electron chi connectivity index (χ2n) is 10.0. The largest absolute Gasteiger partial charge is 0.487 e. The maximum Gasteiger partial charge on any atom is 0.133 e. The fraction of sp³-hybridized carbons (Fsp3) is 0.556. The molecule has 32 heavy (non-hydrogen) atoms. The van der Waals surface area contributed by atoms with Gasteiger partial charge < -0.3 is 19.3 Å². The smallest absolute Gasteiger partial charge is 0.133 e. The monoisotopic (exact) mass is 452 g/mol. The summed E-state index contributed by atoms with van der Waals surface area (Å²) in [7, 11) is 4.39. The summed E-state index contributed by atoms with van der Waals surface area (Å²) >= 11 is 1.95. The standard InChI is InChI=1S/C14H19NO.C13H17NOS/c1-15-10-8-14(9-11-15)7-6-12-4-2-3-5-13(12)16-14;1-14-8-6-13(7-9-14)10-16-12-5-3-2-4-11(12)15-13/h2-5H,6-11H2,1H3;2-5H,6-10H2,1H3. The topological polar surface area (TPSA) is 24.9 Å². The zero-order chi connectivity index (χ0) is 22.0. The molecular formula is C27H36N2O2S. The highest BCUT2D eigenvalue weighted by Crippen LogP contribution is 2.43. The number of hydrogen-bond donors (Lipinski definition) is 0. The minimum absolute atomic E-state index is 0.103. The Morgan fingerprint density at radius 1 is 0.688 bits per heavy atom. The Morgan fingerprint density at radius 2 is 1.25 bits per heavy atom. The Morgan fingerprint density at radius 3 is 1.97 bits per heavy atom. The van der Waals surface area contributed by atoms with Gasteiger partial charge in [-0.15, -0.1) is 11.8 Å². The van der Waals surface area contributed by atoms with Crippen LogP contribution in [0.1, 0.15) is 37.7 Å². The number of likely N-dealkylation sites (tertiary alicyclic amines) is 2. The lowest BCUT2D eigenvalue weighted by Crippen LogP contribution is -2.49. The number of hydrogen-bond acceptors (Lipinski definition) is 5. The SMILES string of the molecule is CN1CCC2(CC1)CSc1ccccc1O2.CN1CCC2(CCc3ccccc3O2)CC1. The molecule has 2 saturated heterocycles. The fourth-order valence-electron chi connectivity index (χ4n) is 5.23. The summed E-state index contributed by atoms with van der Waals surface area (Å²) in [6.45, 7) is 4.65. The Balaban J connectivity index is 0.000000135. The molecule has 2 fully saturated rings. The number of thioether (sulfide) groups is 1. The zero-order valence-electron chi connectivity index (χ0n) is 19.5. The summed E-state index contributed by atoms with van der Waals surface area (Å²) < 4.78 is 12.5. The Labute approximate surface area is 197 Å². The zero-order valence-corrected chi connectivity index (χ0v) is 20.3. The van der Waals surface area contributed by atoms with Crippen molar-refractivity contribution in [2.24, 2.45) is 0 Å². The minimum Gasteiger partial charge on any atom is -0.487 e. The lowest BCUT2D eigenvalue weighted by Gasteiger charge is -2.43. The van der Waals surface area contributed by atoms with Gasteiger partial charge in [0.25, 0.3) is 0 Å². The first-order valence-electron chi connectivity index (χ1n) is 12.1. The summed E-state index contributed by atoms with van der Waals surface area (Å²) in [6, 6.07) is 16.9. The van der Waals surface area contributed by atoms with E-state index in [4.69, 9.17) is 9.47 Å². The van der Waals surface area contributed by atoms with Crippen molar-refractivity contribution in [3.8, 4) is 11.5 Å². The number of piperidine rings is 2. The maximum atomic E-state index is 6.28. The van der Waals surface area contributed by atoms with Crippen LogP contribution in [0.5, 0.6) is 11.5 Å². The fourth-order valence-corrected chi connectivity index (χ4v) is 6.43. The molecule has 0 bridgehead atoms. The first-order chi connectivity index (χ1) is 15.5. The van der Waals surface area contributed by atoms with Gasteiger partial charge in [-0.1, -0.05) is 30.3 Å². The van der Waals surface area contributed by atoms with Crippen molar-refractivity contribution >= 4 is 11.8 Å². The molecular weight excluding hydrogens is 416 g/mol. The van der Waals surface area contributed by atoms with Gasteiger partial charge in [0.1, 0.15) is 22.7 Å². The second-order valence-corrected chi connectivity index (χ2v) is 11.0. The van der Waals surface area contributed by atoms with Crippen LogP contribution in [0.15, 0.2) is 53.4 Å². The highest BCUT2D eigenvalue weighted by Gasteiger charge is 2.39. The molecule has 4 heterocycles. The Hall–Kier alpha value is -1.69. The maximum absolute atomic E-state index is 6.28. The van der Waals surface area contributed by atoms with E-state index >= 15 is 0 Å². The van der Waals surface area contributed by atoms with E-state index in [2.05, 4.69) is 72.4 Å². The van der Waals surface area contributed by atoms with E-state index < -0.39 is 0 Å². The van der Waals surface area contributed by atoms with Crippen molar-refractivity contribution in [1.82, 2.24) is 9.80 Å². The number of rotatable bonds is 0. The lowest BCUT2D eigenvalue weighted by molar-refractivity contribution is -0.00875. The Bertz CT molecular complexity index is 842. The lowest BCUT2D eigenvalue weighted by atomic mass is 9.83. The van der Waals surface area contributed by atoms with E-state index in [1.54, 1.807) is 0 Å². The quantitative estimate of drug-likeness (QED) is 0.553. The third-order valence-electron chi connectivity index (χ3n) is 7.61. The van der Waals surface area contributed by atoms with Gasteiger partial charge in [-0.25, -0.2) is 0 Å². The highest BCUT2D eigenvalue weighted by molar-refractivity contribution is 7.99. The molecule has 2 spiro atoms. The normalized spacial score (nSPS) is 23.8. The van der Waals surface area contributed by atoms with Crippen LogP contribution in [0.3, 0.4) is 0 Å². The van der Waals surface area contributed by atoms with Crippen LogP contribution in [-0.4, -0.2) is 67.0 Å². The average molecular weight is 453 g/mol. The predicted molar refractivity (Wildman–Crippen MR) is 132 cm³/mol. The first-order valence-corrected chi connectivity index (χ1v) is 13.1. The van der Waals surface area contributed by atoms with E-state index in [0.717, 1.165) is 43.2 Å². The van der Waals surface area contributed by atoms with Crippen LogP contribution in [0.2, 0.25) is 0 Å². The third-order valence-corrected chi connectivity index (χ3v) is 8.93. The summed E-state index contributed by atoms with van der Waals surface area (Å²) in [6.07, 6.45) is 7.04. The molecule has 0 unspecified atom stereocenters. The van der Waals surface area contributed by atoms with Gasteiger partial charge in [-0.05, 0) is 63.5 Å². The molecule has 0 aliphatic carbocycles. The van der Waals surface area contributed by atoms with Crippen LogP contribution >= 0.6 is 11.8 Å². The molecule has 0 amide bonds. The van der Waals surface area contributed by atoms with Gasteiger partial charge in [-0.3, -0.25) is 0 Å². The predicted octanol–water partition coefficient (Wildman–Crippen LogP) is 5.11. The first kappa shape index (κ1) is 22.1. The molecule has 4 aliphatic rings. The molecule has 4 nitrogen and oxygen atoms in total. The molecule has 4 aliphatic heterocycles. The summed E-state index contributed by atoms with van der Waals surface area (Å²) in [4.78, 5) is 6.08. The molecule has 172 valence electrons. The van der Waals surface area contributed by atoms with Gasteiger partial charge >= 0.3 is 0 Å². The van der Waals surface area contributed by atoms with Crippen LogP contribution in [0.4, 0.5) is 0 Å². The minimum atomic E-state index is 0.103. The van der Waals surface area contributed by atoms with Gasteiger partial charge in [0.15, 0.2) is 0 Å². The summed E-state index contributed by atoms with van der Waals surface area (Å²) in [5.74, 6) is 3.32. The number of para-hydroxylation sites is 2. The van der Waals surface area contributed by atoms with Crippen molar-refractivity contribution in [1.29, 1.82) is 0 Å². The summed E-state index contributed by atoms with van der Waals surface area (Å²) in [5, 5.41) is 0. The van der Waals surface area contributed by atoms with Crippen molar-refractivity contribution in [3.63, 3.8) is 0 Å². The number of ether oxygens (including phenoxy) is 2. The molecule has 0 aromatic heterocycles. The summed E-state index contributed by atoms with van der Waals surface area (Å²) in [5.41, 5.74) is 1.62. The van der Waals surface area contributed by atoms with Crippen molar-refractivity contribution < 1.29 is 9.47 Å². The average Bonchev–Trinajstić information content (AvgIpc) is 2.84. The van der Waals surface area contributed by atoms with Crippen LogP contribution in [0, 0.1) is 0 Å². The van der Waals surface area contributed by atoms with E-state index in [-0.39, 0.29) is 11.2 Å². The number of fused-ring (bicyclic) bond motifs is 2. The van der Waals surface area contributed by atoms with Gasteiger partial charge in [0.2, 0.25) is 0 Å². The van der Waals surface area contributed by atoms with Gasteiger partial charge in [-0.2, -0.15) is 0 Å². The Kier molecular flexibility index (Phi) is 6.42. The molecule has 0 saturated carbocycles. The van der Waals surface area contributed by atoms with Crippen LogP contribution in [0.25, 0.3) is 0 Å². The molecule has 5 heteroatoms. The molecule has 2 aromatic carbocycles. The molecule has 2 aromatic rings. The van der Waals surface area contributed by atoms with Crippen molar-refractivity contribution in [2.45, 2.75) is 54.6 Å². The second kappa shape index (κ2) is 9.28. The molecule has 0 atom stereocenters.